The third-order valence-corrected chi connectivity index (χ3v) is 6.41. The molecular formula is C18H19Cl2N3S. The minimum absolute atomic E-state index is 0.111. The highest BCUT2D eigenvalue weighted by atomic mass is 35.5. The first kappa shape index (κ1) is 16.2. The Morgan fingerprint density at radius 3 is 2.71 bits per heavy atom. The second-order valence-corrected chi connectivity index (χ2v) is 8.29. The Kier molecular flexibility index (Phi) is 4.46. The van der Waals surface area contributed by atoms with Crippen LogP contribution in [0.1, 0.15) is 37.0 Å². The van der Waals surface area contributed by atoms with Crippen molar-refractivity contribution >= 4 is 51.7 Å². The first-order valence-electron chi connectivity index (χ1n) is 8.29. The maximum absolute atomic E-state index is 6.20. The van der Waals surface area contributed by atoms with Gasteiger partial charge in [-0.2, -0.15) is 0 Å². The Balaban J connectivity index is 1.69. The van der Waals surface area contributed by atoms with E-state index in [1.807, 2.05) is 12.1 Å². The lowest BCUT2D eigenvalue weighted by molar-refractivity contribution is 0.396. The van der Waals surface area contributed by atoms with E-state index in [0.29, 0.717) is 10.0 Å². The topological polar surface area (TPSA) is 36.4 Å². The molecule has 2 N–H and O–H groups in total. The van der Waals surface area contributed by atoms with Gasteiger partial charge >= 0.3 is 0 Å². The van der Waals surface area contributed by atoms with Gasteiger partial charge in [0.15, 0.2) is 0 Å². The molecule has 1 aliphatic heterocycles. The molecule has 24 heavy (non-hydrogen) atoms. The van der Waals surface area contributed by atoms with Crippen LogP contribution in [0.15, 0.2) is 34.6 Å². The molecule has 2 aliphatic rings. The number of halogens is 2. The third kappa shape index (κ3) is 3.03. The first-order chi connectivity index (χ1) is 11.7. The lowest BCUT2D eigenvalue weighted by atomic mass is 9.79. The highest BCUT2D eigenvalue weighted by Gasteiger charge is 2.40. The average molecular weight is 380 g/mol. The number of nitrogens with one attached hydrogen (secondary N) is 2. The summed E-state index contributed by atoms with van der Waals surface area (Å²) in [5, 5.41) is 10.5. The molecule has 1 aromatic carbocycles. The number of aliphatic imine (C=N–C) groups is 1. The molecular weight excluding hydrogens is 361 g/mol. The van der Waals surface area contributed by atoms with Crippen molar-refractivity contribution in [2.24, 2.45) is 4.99 Å². The zero-order valence-electron chi connectivity index (χ0n) is 13.2. The fourth-order valence-electron chi connectivity index (χ4n) is 3.58. The number of nitrogens with zero attached hydrogens (tertiary/aromatic N) is 1. The molecule has 0 atom stereocenters. The molecule has 0 bridgehead atoms. The molecule has 1 saturated carbocycles. The fraction of sp³-hybridized carbons (Fsp3) is 0.389. The van der Waals surface area contributed by atoms with Crippen molar-refractivity contribution in [2.45, 2.75) is 44.2 Å². The molecule has 1 aromatic heterocycles. The standard InChI is InChI=1S/C18H19Cl2N3S/c19-13-9-15-16(10-14(13)20)23-18(6-2-1-3-7-18)17(22-15)21-11-12-5-4-8-24-12/h4-5,8-10,23H,1-3,6-7,11H2,(H,21,22). The third-order valence-electron chi connectivity index (χ3n) is 4.82. The van der Waals surface area contributed by atoms with Gasteiger partial charge in [-0.25, -0.2) is 4.99 Å². The van der Waals surface area contributed by atoms with Crippen LogP contribution in [0, 0.1) is 0 Å². The lowest BCUT2D eigenvalue weighted by Crippen LogP contribution is -2.54. The van der Waals surface area contributed by atoms with E-state index < -0.39 is 0 Å². The SMILES string of the molecule is Clc1cc2c(cc1Cl)NC1(CCCCC1)C(NCc1cccs1)=N2. The molecule has 0 radical (unpaired) electrons. The summed E-state index contributed by atoms with van der Waals surface area (Å²) in [5.41, 5.74) is 1.72. The van der Waals surface area contributed by atoms with E-state index in [-0.39, 0.29) is 5.54 Å². The van der Waals surface area contributed by atoms with Gasteiger partial charge in [-0.1, -0.05) is 48.5 Å². The van der Waals surface area contributed by atoms with Crippen LogP contribution < -0.4 is 10.6 Å². The largest absolute Gasteiger partial charge is 0.371 e. The van der Waals surface area contributed by atoms with Gasteiger partial charge in [0.2, 0.25) is 0 Å². The van der Waals surface area contributed by atoms with Gasteiger partial charge in [-0.15, -0.1) is 11.3 Å². The molecule has 1 spiro atoms. The van der Waals surface area contributed by atoms with Gasteiger partial charge in [0.1, 0.15) is 5.84 Å². The Morgan fingerprint density at radius 1 is 1.17 bits per heavy atom. The molecule has 2 heterocycles. The lowest BCUT2D eigenvalue weighted by Gasteiger charge is -2.42. The van der Waals surface area contributed by atoms with Crippen LogP contribution in [0.3, 0.4) is 0 Å². The van der Waals surface area contributed by atoms with E-state index in [1.54, 1.807) is 11.3 Å². The Bertz CT molecular complexity index is 765. The van der Waals surface area contributed by atoms with Gasteiger partial charge in [0.05, 0.1) is 33.5 Å². The minimum Gasteiger partial charge on any atom is -0.371 e. The van der Waals surface area contributed by atoms with Gasteiger partial charge in [0.25, 0.3) is 0 Å². The van der Waals surface area contributed by atoms with Crippen LogP contribution in [-0.4, -0.2) is 11.4 Å². The number of anilines is 1. The van der Waals surface area contributed by atoms with Crippen LogP contribution in [0.5, 0.6) is 0 Å². The second kappa shape index (κ2) is 6.58. The molecule has 6 heteroatoms. The van der Waals surface area contributed by atoms with Crippen molar-refractivity contribution in [3.8, 4) is 0 Å². The highest BCUT2D eigenvalue weighted by Crippen LogP contribution is 2.43. The van der Waals surface area contributed by atoms with Crippen molar-refractivity contribution < 1.29 is 0 Å². The number of fused-ring (bicyclic) bond motifs is 1. The zero-order chi connectivity index (χ0) is 16.6. The summed E-state index contributed by atoms with van der Waals surface area (Å²) in [4.78, 5) is 6.24. The normalized spacial score (nSPS) is 18.7. The van der Waals surface area contributed by atoms with E-state index in [2.05, 4.69) is 28.1 Å². The van der Waals surface area contributed by atoms with Gasteiger partial charge < -0.3 is 10.6 Å². The van der Waals surface area contributed by atoms with E-state index in [1.165, 1.54) is 24.1 Å². The van der Waals surface area contributed by atoms with E-state index in [0.717, 1.165) is 36.6 Å². The molecule has 3 nitrogen and oxygen atoms in total. The molecule has 0 unspecified atom stereocenters. The van der Waals surface area contributed by atoms with Crippen LogP contribution in [0.25, 0.3) is 0 Å². The van der Waals surface area contributed by atoms with Crippen LogP contribution in [0.4, 0.5) is 11.4 Å². The number of hydrogen-bond acceptors (Lipinski definition) is 4. The number of benzene rings is 1. The van der Waals surface area contributed by atoms with Gasteiger partial charge in [-0.3, -0.25) is 0 Å². The highest BCUT2D eigenvalue weighted by molar-refractivity contribution is 7.09. The Labute approximate surface area is 156 Å². The smallest absolute Gasteiger partial charge is 0.128 e. The summed E-state index contributed by atoms with van der Waals surface area (Å²) in [7, 11) is 0. The van der Waals surface area contributed by atoms with Crippen molar-refractivity contribution in [1.82, 2.24) is 5.32 Å². The van der Waals surface area contributed by atoms with Crippen LogP contribution >= 0.6 is 34.5 Å². The molecule has 0 amide bonds. The van der Waals surface area contributed by atoms with Crippen LogP contribution in [-0.2, 0) is 6.54 Å². The van der Waals surface area contributed by atoms with Crippen LogP contribution in [0.2, 0.25) is 10.0 Å². The summed E-state index contributed by atoms with van der Waals surface area (Å²) < 4.78 is 0. The Morgan fingerprint density at radius 2 is 1.96 bits per heavy atom. The van der Waals surface area contributed by atoms with Crippen molar-refractivity contribution in [1.29, 1.82) is 0 Å². The fourth-order valence-corrected chi connectivity index (χ4v) is 4.55. The average Bonchev–Trinajstić information content (AvgIpc) is 3.09. The summed E-state index contributed by atoms with van der Waals surface area (Å²) in [5.74, 6) is 1.03. The molecule has 1 fully saturated rings. The molecule has 126 valence electrons. The zero-order valence-corrected chi connectivity index (χ0v) is 15.6. The van der Waals surface area contributed by atoms with Crippen molar-refractivity contribution in [2.75, 3.05) is 5.32 Å². The summed E-state index contributed by atoms with van der Waals surface area (Å²) in [6, 6.07) is 7.96. The van der Waals surface area contributed by atoms with E-state index in [4.69, 9.17) is 28.2 Å². The Hall–Kier alpha value is -1.23. The molecule has 4 rings (SSSR count). The predicted molar refractivity (Wildman–Crippen MR) is 104 cm³/mol. The number of hydrogen-bond donors (Lipinski definition) is 2. The van der Waals surface area contributed by atoms with Gasteiger partial charge in [0, 0.05) is 4.88 Å². The van der Waals surface area contributed by atoms with E-state index >= 15 is 0 Å². The predicted octanol–water partition coefficient (Wildman–Crippen LogP) is 6.00. The molecule has 1 aliphatic carbocycles. The minimum atomic E-state index is -0.111. The number of amidine groups is 1. The summed E-state index contributed by atoms with van der Waals surface area (Å²) in [6.45, 7) is 0.802. The van der Waals surface area contributed by atoms with E-state index in [9.17, 15) is 0 Å². The molecule has 0 saturated heterocycles. The quantitative estimate of drug-likeness (QED) is 0.670. The maximum atomic E-state index is 6.20. The number of rotatable bonds is 2. The second-order valence-electron chi connectivity index (χ2n) is 6.44. The van der Waals surface area contributed by atoms with Crippen molar-refractivity contribution in [3.63, 3.8) is 0 Å². The summed E-state index contributed by atoms with van der Waals surface area (Å²) >= 11 is 14.1. The monoisotopic (exact) mass is 379 g/mol. The summed E-state index contributed by atoms with van der Waals surface area (Å²) in [6.07, 6.45) is 5.88. The van der Waals surface area contributed by atoms with Crippen molar-refractivity contribution in [3.05, 3.63) is 44.6 Å². The molecule has 2 aromatic rings. The van der Waals surface area contributed by atoms with Gasteiger partial charge in [-0.05, 0) is 36.4 Å². The maximum Gasteiger partial charge on any atom is 0.128 e. The first-order valence-corrected chi connectivity index (χ1v) is 9.92. The number of thiophene rings is 1.